The number of carbonyl (C=O) groups is 1. The minimum Gasteiger partial charge on any atom is -0.460 e. The van der Waals surface area contributed by atoms with E-state index >= 15 is 0 Å². The molecule has 0 amide bonds. The summed E-state index contributed by atoms with van der Waals surface area (Å²) in [6.07, 6.45) is 6.71. The fraction of sp³-hybridized carbons (Fsp3) is 0.484. The number of hydrogen-bond donors (Lipinski definition) is 0. The minimum atomic E-state index is -0.836. The van der Waals surface area contributed by atoms with E-state index in [2.05, 4.69) is 18.2 Å². The van der Waals surface area contributed by atoms with Crippen molar-refractivity contribution in [2.45, 2.75) is 96.7 Å². The van der Waals surface area contributed by atoms with Gasteiger partial charge in [-0.1, -0.05) is 24.3 Å². The highest BCUT2D eigenvalue weighted by atomic mass is 32.1. The molecule has 0 N–H and O–H groups in total. The average Bonchev–Trinajstić information content (AvgIpc) is 3.56. The molecule has 5 rings (SSSR count). The summed E-state index contributed by atoms with van der Waals surface area (Å²) in [6.45, 7) is 11.4. The standard InChI is InChI=1S/C31H36FNO4S/c1-18-33-26-17-25(19-7-8-19)24(28(29(26)38-18)20-9-11-21(32)12-10-20)14-13-22-15-23(36-31(5,6)35-22)16-27(34)37-30(2,3)4/h9-14,17,19,22-23H,7-8,15-16H2,1-6H3/b14-13+/t22-,23-/m1/s1. The Morgan fingerprint density at radius 1 is 1.21 bits per heavy atom. The molecular weight excluding hydrogens is 501 g/mol. The fourth-order valence-corrected chi connectivity index (χ4v) is 6.17. The van der Waals surface area contributed by atoms with E-state index in [4.69, 9.17) is 19.2 Å². The van der Waals surface area contributed by atoms with Crippen LogP contribution in [0.15, 0.2) is 36.4 Å². The van der Waals surface area contributed by atoms with Gasteiger partial charge in [-0.2, -0.15) is 0 Å². The SMILES string of the molecule is Cc1nc2cc(C3CC3)c(/C=C/[C@@H]3C[C@H](CC(=O)OC(C)(C)C)OC(C)(C)O3)c(-c3ccc(F)cc3)c2s1. The lowest BCUT2D eigenvalue weighted by Crippen LogP contribution is -2.45. The predicted octanol–water partition coefficient (Wildman–Crippen LogP) is 7.94. The Morgan fingerprint density at radius 3 is 2.58 bits per heavy atom. The van der Waals surface area contributed by atoms with Crippen molar-refractivity contribution >= 4 is 33.6 Å². The molecule has 1 aliphatic heterocycles. The highest BCUT2D eigenvalue weighted by Crippen LogP contribution is 2.48. The van der Waals surface area contributed by atoms with Crippen LogP contribution in [0.4, 0.5) is 4.39 Å². The van der Waals surface area contributed by atoms with Crippen molar-refractivity contribution in [1.29, 1.82) is 0 Å². The van der Waals surface area contributed by atoms with Crippen LogP contribution in [0.1, 0.15) is 82.4 Å². The Bertz CT molecular complexity index is 1370. The first-order chi connectivity index (χ1) is 17.9. The van der Waals surface area contributed by atoms with Crippen molar-refractivity contribution in [3.63, 3.8) is 0 Å². The number of esters is 1. The molecule has 1 aromatic heterocycles. The van der Waals surface area contributed by atoms with Crippen LogP contribution < -0.4 is 0 Å². The van der Waals surface area contributed by atoms with Crippen molar-refractivity contribution in [3.8, 4) is 11.1 Å². The van der Waals surface area contributed by atoms with Crippen LogP contribution in [0.5, 0.6) is 0 Å². The van der Waals surface area contributed by atoms with Gasteiger partial charge >= 0.3 is 5.97 Å². The molecule has 1 aliphatic carbocycles. The van der Waals surface area contributed by atoms with Gasteiger partial charge in [-0.25, -0.2) is 9.37 Å². The average molecular weight is 538 g/mol. The molecule has 2 aromatic carbocycles. The molecule has 5 nitrogen and oxygen atoms in total. The van der Waals surface area contributed by atoms with Crippen LogP contribution in [0.2, 0.25) is 0 Å². The normalized spacial score (nSPS) is 21.8. The largest absolute Gasteiger partial charge is 0.460 e. The third-order valence-electron chi connectivity index (χ3n) is 6.68. The fourth-order valence-electron chi connectivity index (χ4n) is 5.19. The molecule has 202 valence electrons. The van der Waals surface area contributed by atoms with Crippen LogP contribution in [0, 0.1) is 12.7 Å². The number of rotatable bonds is 6. The van der Waals surface area contributed by atoms with Crippen LogP contribution in [-0.4, -0.2) is 34.5 Å². The molecular formula is C31H36FNO4S. The maximum absolute atomic E-state index is 13.8. The van der Waals surface area contributed by atoms with E-state index in [0.29, 0.717) is 12.3 Å². The van der Waals surface area contributed by atoms with Crippen molar-refractivity contribution < 1.29 is 23.4 Å². The second kappa shape index (κ2) is 10.2. The molecule has 2 heterocycles. The summed E-state index contributed by atoms with van der Waals surface area (Å²) in [5.41, 5.74) is 4.91. The first-order valence-electron chi connectivity index (χ1n) is 13.3. The number of halogens is 1. The first-order valence-corrected chi connectivity index (χ1v) is 14.1. The van der Waals surface area contributed by atoms with E-state index in [-0.39, 0.29) is 30.4 Å². The zero-order valence-electron chi connectivity index (χ0n) is 23.0. The van der Waals surface area contributed by atoms with Crippen molar-refractivity contribution in [1.82, 2.24) is 4.98 Å². The predicted molar refractivity (Wildman–Crippen MR) is 150 cm³/mol. The van der Waals surface area contributed by atoms with Gasteiger partial charge in [0.25, 0.3) is 0 Å². The van der Waals surface area contributed by atoms with E-state index in [9.17, 15) is 9.18 Å². The molecule has 0 bridgehead atoms. The van der Waals surface area contributed by atoms with Crippen molar-refractivity contribution in [3.05, 3.63) is 58.4 Å². The lowest BCUT2D eigenvalue weighted by molar-refractivity contribution is -0.290. The van der Waals surface area contributed by atoms with E-state index in [1.165, 1.54) is 17.7 Å². The Balaban J connectivity index is 1.50. The van der Waals surface area contributed by atoms with Crippen molar-refractivity contribution in [2.75, 3.05) is 0 Å². The van der Waals surface area contributed by atoms with E-state index in [0.717, 1.165) is 44.8 Å². The Labute approximate surface area is 228 Å². The van der Waals surface area contributed by atoms with Gasteiger partial charge in [0.15, 0.2) is 5.79 Å². The first kappa shape index (κ1) is 27.0. The Kier molecular flexibility index (Phi) is 7.22. The molecule has 2 aliphatic rings. The summed E-state index contributed by atoms with van der Waals surface area (Å²) < 4.78 is 32.8. The zero-order chi connectivity index (χ0) is 27.2. The van der Waals surface area contributed by atoms with Gasteiger partial charge in [0.2, 0.25) is 0 Å². The van der Waals surface area contributed by atoms with Gasteiger partial charge in [0, 0.05) is 12.0 Å². The molecule has 2 fully saturated rings. The number of fused-ring (bicyclic) bond motifs is 1. The topological polar surface area (TPSA) is 57.7 Å². The van der Waals surface area contributed by atoms with Crippen LogP contribution in [-0.2, 0) is 19.0 Å². The van der Waals surface area contributed by atoms with Gasteiger partial charge in [-0.3, -0.25) is 4.79 Å². The van der Waals surface area contributed by atoms with Gasteiger partial charge < -0.3 is 14.2 Å². The molecule has 3 aromatic rings. The monoisotopic (exact) mass is 537 g/mol. The van der Waals surface area contributed by atoms with Crippen LogP contribution in [0.3, 0.4) is 0 Å². The van der Waals surface area contributed by atoms with E-state index in [1.54, 1.807) is 11.3 Å². The molecule has 7 heteroatoms. The third-order valence-corrected chi connectivity index (χ3v) is 7.69. The second-order valence-electron chi connectivity index (χ2n) is 11.8. The lowest BCUT2D eigenvalue weighted by atomic mass is 9.91. The van der Waals surface area contributed by atoms with Crippen LogP contribution in [0.25, 0.3) is 27.4 Å². The number of aryl methyl sites for hydroxylation is 1. The molecule has 0 radical (unpaired) electrons. The Morgan fingerprint density at radius 2 is 1.92 bits per heavy atom. The van der Waals surface area contributed by atoms with E-state index in [1.807, 2.05) is 53.7 Å². The van der Waals surface area contributed by atoms with Gasteiger partial charge in [0.1, 0.15) is 11.4 Å². The van der Waals surface area contributed by atoms with Gasteiger partial charge in [-0.15, -0.1) is 11.3 Å². The summed E-state index contributed by atoms with van der Waals surface area (Å²) in [6, 6.07) is 8.94. The maximum atomic E-state index is 13.8. The molecule has 1 saturated carbocycles. The molecule has 1 saturated heterocycles. The minimum absolute atomic E-state index is 0.175. The molecule has 2 atom stereocenters. The summed E-state index contributed by atoms with van der Waals surface area (Å²) in [5, 5.41) is 1.01. The number of thiazole rings is 1. The number of nitrogens with zero attached hydrogens (tertiary/aromatic N) is 1. The molecule has 0 unspecified atom stereocenters. The zero-order valence-corrected chi connectivity index (χ0v) is 23.8. The third kappa shape index (κ3) is 6.33. The highest BCUT2D eigenvalue weighted by molar-refractivity contribution is 7.19. The Hall–Kier alpha value is -2.61. The lowest BCUT2D eigenvalue weighted by Gasteiger charge is -2.39. The van der Waals surface area contributed by atoms with Crippen LogP contribution >= 0.6 is 11.3 Å². The number of carbonyl (C=O) groups excluding carboxylic acids is 1. The number of ether oxygens (including phenoxy) is 3. The quantitative estimate of drug-likeness (QED) is 0.299. The van der Waals surface area contributed by atoms with Gasteiger partial charge in [0.05, 0.1) is 33.9 Å². The summed E-state index contributed by atoms with van der Waals surface area (Å²) in [7, 11) is 0. The van der Waals surface area contributed by atoms with Gasteiger partial charge in [-0.05, 0) is 95.2 Å². The smallest absolute Gasteiger partial charge is 0.308 e. The van der Waals surface area contributed by atoms with Crippen molar-refractivity contribution in [2.24, 2.45) is 0 Å². The highest BCUT2D eigenvalue weighted by Gasteiger charge is 2.36. The van der Waals surface area contributed by atoms with E-state index < -0.39 is 11.4 Å². The molecule has 0 spiro atoms. The second-order valence-corrected chi connectivity index (χ2v) is 13.0. The molecule has 38 heavy (non-hydrogen) atoms. The summed E-state index contributed by atoms with van der Waals surface area (Å²) in [4.78, 5) is 17.3. The summed E-state index contributed by atoms with van der Waals surface area (Å²) in [5.74, 6) is -0.872. The summed E-state index contributed by atoms with van der Waals surface area (Å²) >= 11 is 1.66. The number of aromatic nitrogens is 1. The number of benzene rings is 2. The number of hydrogen-bond acceptors (Lipinski definition) is 6. The maximum Gasteiger partial charge on any atom is 0.308 e.